The molecule has 17 heavy (non-hydrogen) atoms. The van der Waals surface area contributed by atoms with E-state index in [-0.39, 0.29) is 10.8 Å². The van der Waals surface area contributed by atoms with Crippen molar-refractivity contribution < 1.29 is 13.2 Å². The monoisotopic (exact) mass is 273 g/mol. The Morgan fingerprint density at radius 2 is 2.06 bits per heavy atom. The minimum atomic E-state index is -3.72. The van der Waals surface area contributed by atoms with E-state index in [2.05, 4.69) is 0 Å². The maximum absolute atomic E-state index is 11.5. The summed E-state index contributed by atoms with van der Waals surface area (Å²) in [5.74, 6) is 0.0749. The second-order valence-electron chi connectivity index (χ2n) is 4.04. The zero-order chi connectivity index (χ0) is 12.6. The molecule has 1 heterocycles. The van der Waals surface area contributed by atoms with E-state index >= 15 is 0 Å². The van der Waals surface area contributed by atoms with Crippen molar-refractivity contribution in [2.45, 2.75) is 24.7 Å². The molecule has 1 saturated heterocycles. The van der Waals surface area contributed by atoms with Gasteiger partial charge in [0.05, 0.1) is 4.90 Å². The van der Waals surface area contributed by atoms with Crippen LogP contribution in [0.25, 0.3) is 0 Å². The second kappa shape index (κ2) is 4.31. The molecular weight excluding hydrogens is 262 g/mol. The Kier molecular flexibility index (Phi) is 3.14. The average molecular weight is 274 g/mol. The van der Waals surface area contributed by atoms with E-state index in [1.54, 1.807) is 24.0 Å². The Labute approximate surface area is 105 Å². The number of anilines is 1. The van der Waals surface area contributed by atoms with Gasteiger partial charge in [0.1, 0.15) is 0 Å². The van der Waals surface area contributed by atoms with Crippen molar-refractivity contribution in [2.24, 2.45) is 0 Å². The van der Waals surface area contributed by atoms with Gasteiger partial charge in [-0.3, -0.25) is 4.79 Å². The summed E-state index contributed by atoms with van der Waals surface area (Å²) in [6.07, 6.45) is 1.39. The van der Waals surface area contributed by atoms with Crippen LogP contribution in [0, 0.1) is 6.92 Å². The fourth-order valence-electron chi connectivity index (χ4n) is 2.00. The molecule has 1 fully saturated rings. The van der Waals surface area contributed by atoms with Gasteiger partial charge in [-0.05, 0) is 37.1 Å². The highest BCUT2D eigenvalue weighted by Crippen LogP contribution is 2.27. The molecule has 4 nitrogen and oxygen atoms in total. The lowest BCUT2D eigenvalue weighted by Gasteiger charge is -2.16. The third-order valence-corrected chi connectivity index (χ3v) is 4.29. The van der Waals surface area contributed by atoms with Gasteiger partial charge in [-0.1, -0.05) is 0 Å². The molecule has 1 aliphatic rings. The maximum atomic E-state index is 11.5. The number of amides is 1. The first-order chi connectivity index (χ1) is 7.89. The Bertz CT molecular complexity index is 568. The van der Waals surface area contributed by atoms with E-state index in [1.165, 1.54) is 6.07 Å². The molecule has 0 atom stereocenters. The summed E-state index contributed by atoms with van der Waals surface area (Å²) in [5, 5.41) is 0. The van der Waals surface area contributed by atoms with E-state index in [1.807, 2.05) is 0 Å². The van der Waals surface area contributed by atoms with Gasteiger partial charge in [0.15, 0.2) is 0 Å². The highest BCUT2D eigenvalue weighted by molar-refractivity contribution is 8.13. The highest BCUT2D eigenvalue weighted by Gasteiger charge is 2.23. The first kappa shape index (κ1) is 12.4. The number of aryl methyl sites for hydroxylation is 1. The van der Waals surface area contributed by atoms with Crippen molar-refractivity contribution in [1.82, 2.24) is 0 Å². The average Bonchev–Trinajstić information content (AvgIpc) is 2.62. The van der Waals surface area contributed by atoms with Gasteiger partial charge >= 0.3 is 0 Å². The lowest BCUT2D eigenvalue weighted by Crippen LogP contribution is -2.23. The van der Waals surface area contributed by atoms with Crippen LogP contribution in [-0.4, -0.2) is 20.9 Å². The van der Waals surface area contributed by atoms with Gasteiger partial charge in [-0.25, -0.2) is 8.42 Å². The Morgan fingerprint density at radius 1 is 1.35 bits per heavy atom. The predicted octanol–water partition coefficient (Wildman–Crippen LogP) is 2.05. The van der Waals surface area contributed by atoms with Crippen molar-refractivity contribution in [3.8, 4) is 0 Å². The summed E-state index contributed by atoms with van der Waals surface area (Å²) in [5.41, 5.74) is 1.28. The van der Waals surface area contributed by atoms with E-state index in [0.29, 0.717) is 18.5 Å². The zero-order valence-electron chi connectivity index (χ0n) is 9.31. The van der Waals surface area contributed by atoms with Crippen molar-refractivity contribution >= 4 is 31.3 Å². The zero-order valence-corrected chi connectivity index (χ0v) is 10.9. The van der Waals surface area contributed by atoms with Crippen LogP contribution in [0.5, 0.6) is 0 Å². The Balaban J connectivity index is 2.41. The van der Waals surface area contributed by atoms with Crippen LogP contribution in [0.3, 0.4) is 0 Å². The molecule has 0 N–H and O–H groups in total. The number of hydrogen-bond acceptors (Lipinski definition) is 3. The summed E-state index contributed by atoms with van der Waals surface area (Å²) in [7, 11) is 1.58. The topological polar surface area (TPSA) is 54.5 Å². The molecule has 0 aliphatic carbocycles. The van der Waals surface area contributed by atoms with Crippen LogP contribution in [0.4, 0.5) is 5.69 Å². The second-order valence-corrected chi connectivity index (χ2v) is 6.57. The van der Waals surface area contributed by atoms with Crippen LogP contribution in [0.15, 0.2) is 23.1 Å². The first-order valence-electron chi connectivity index (χ1n) is 5.25. The molecule has 1 aliphatic heterocycles. The van der Waals surface area contributed by atoms with Crippen molar-refractivity contribution in [3.05, 3.63) is 23.8 Å². The largest absolute Gasteiger partial charge is 0.312 e. The molecule has 0 radical (unpaired) electrons. The molecule has 0 unspecified atom stereocenters. The van der Waals surface area contributed by atoms with Crippen LogP contribution in [0.1, 0.15) is 18.4 Å². The number of nitrogens with zero attached hydrogens (tertiary/aromatic N) is 1. The smallest absolute Gasteiger partial charge is 0.261 e. The first-order valence-corrected chi connectivity index (χ1v) is 7.56. The standard InChI is InChI=1S/C11H12ClNO3S/c1-8-7-9(13-6-2-3-11(13)14)4-5-10(8)17(12,15)16/h4-5,7H,2-3,6H2,1H3. The fraction of sp³-hybridized carbons (Fsp3) is 0.364. The number of benzene rings is 1. The fourth-order valence-corrected chi connectivity index (χ4v) is 3.19. The summed E-state index contributed by atoms with van der Waals surface area (Å²) >= 11 is 0. The summed E-state index contributed by atoms with van der Waals surface area (Å²) in [6.45, 7) is 2.35. The van der Waals surface area contributed by atoms with Gasteiger partial charge < -0.3 is 4.90 Å². The molecule has 2 rings (SSSR count). The van der Waals surface area contributed by atoms with Crippen molar-refractivity contribution in [2.75, 3.05) is 11.4 Å². The lowest BCUT2D eigenvalue weighted by atomic mass is 10.2. The highest BCUT2D eigenvalue weighted by atomic mass is 35.7. The van der Waals surface area contributed by atoms with E-state index in [0.717, 1.165) is 12.1 Å². The molecule has 1 aromatic rings. The van der Waals surface area contributed by atoms with Gasteiger partial charge in [0.2, 0.25) is 5.91 Å². The molecule has 0 saturated carbocycles. The third kappa shape index (κ3) is 2.45. The molecule has 0 aromatic heterocycles. The number of carbonyl (C=O) groups is 1. The predicted molar refractivity (Wildman–Crippen MR) is 65.8 cm³/mol. The van der Waals surface area contributed by atoms with Crippen LogP contribution < -0.4 is 4.90 Å². The third-order valence-electron chi connectivity index (χ3n) is 2.81. The molecule has 1 aromatic carbocycles. The maximum Gasteiger partial charge on any atom is 0.261 e. The number of hydrogen-bond donors (Lipinski definition) is 0. The normalized spacial score (nSPS) is 16.6. The molecule has 0 spiro atoms. The van der Waals surface area contributed by atoms with E-state index in [4.69, 9.17) is 10.7 Å². The lowest BCUT2D eigenvalue weighted by molar-refractivity contribution is -0.117. The summed E-state index contributed by atoms with van der Waals surface area (Å²) < 4.78 is 22.5. The summed E-state index contributed by atoms with van der Waals surface area (Å²) in [4.78, 5) is 13.3. The Hall–Kier alpha value is -1.07. The minimum Gasteiger partial charge on any atom is -0.312 e. The number of halogens is 1. The van der Waals surface area contributed by atoms with Crippen LogP contribution in [0.2, 0.25) is 0 Å². The van der Waals surface area contributed by atoms with Gasteiger partial charge in [0, 0.05) is 29.3 Å². The van der Waals surface area contributed by atoms with Gasteiger partial charge in [0.25, 0.3) is 9.05 Å². The number of carbonyl (C=O) groups excluding carboxylic acids is 1. The van der Waals surface area contributed by atoms with E-state index in [9.17, 15) is 13.2 Å². The molecular formula is C11H12ClNO3S. The molecule has 6 heteroatoms. The van der Waals surface area contributed by atoms with Crippen LogP contribution in [-0.2, 0) is 13.8 Å². The van der Waals surface area contributed by atoms with Gasteiger partial charge in [-0.2, -0.15) is 0 Å². The minimum absolute atomic E-state index is 0.0749. The molecule has 0 bridgehead atoms. The van der Waals surface area contributed by atoms with Crippen LogP contribution >= 0.6 is 10.7 Å². The van der Waals surface area contributed by atoms with Crippen molar-refractivity contribution in [1.29, 1.82) is 0 Å². The van der Waals surface area contributed by atoms with Crippen molar-refractivity contribution in [3.63, 3.8) is 0 Å². The molecule has 1 amide bonds. The summed E-state index contributed by atoms with van der Waals surface area (Å²) in [6, 6.07) is 4.74. The Morgan fingerprint density at radius 3 is 2.53 bits per heavy atom. The van der Waals surface area contributed by atoms with Gasteiger partial charge in [-0.15, -0.1) is 0 Å². The SMILES string of the molecule is Cc1cc(N2CCCC2=O)ccc1S(=O)(=O)Cl. The number of rotatable bonds is 2. The van der Waals surface area contributed by atoms with E-state index < -0.39 is 9.05 Å². The molecule has 92 valence electrons. The quantitative estimate of drug-likeness (QED) is 0.775.